The van der Waals surface area contributed by atoms with E-state index in [0.29, 0.717) is 38.2 Å². The van der Waals surface area contributed by atoms with Gasteiger partial charge in [-0.1, -0.05) is 0 Å². The Morgan fingerprint density at radius 1 is 0.957 bits per heavy atom. The number of Topliss-reactive ketones (excluding diaryl/α,β-unsaturated/α-hetero) is 1. The van der Waals surface area contributed by atoms with Crippen LogP contribution in [0.15, 0.2) is 24.3 Å². The molecule has 0 aromatic heterocycles. The van der Waals surface area contributed by atoms with Crippen molar-refractivity contribution in [1.29, 1.82) is 0 Å². The zero-order valence-corrected chi connectivity index (χ0v) is 13.3. The fraction of sp³-hybridized carbons (Fsp3) is 0.471. The topological polar surface area (TPSA) is 57.7 Å². The van der Waals surface area contributed by atoms with Crippen LogP contribution < -0.4 is 0 Å². The average molecular weight is 320 g/mol. The summed E-state index contributed by atoms with van der Waals surface area (Å²) >= 11 is 0. The van der Waals surface area contributed by atoms with Crippen molar-refractivity contribution in [3.8, 4) is 0 Å². The maximum absolute atomic E-state index is 12.9. The van der Waals surface area contributed by atoms with Crippen molar-refractivity contribution in [2.75, 3.05) is 26.2 Å². The second kappa shape index (κ2) is 7.85. The summed E-state index contributed by atoms with van der Waals surface area (Å²) in [5.74, 6) is -0.569. The highest BCUT2D eigenvalue weighted by Gasteiger charge is 2.22. The molecular formula is C17H21FN2O3. The number of carbonyl (C=O) groups is 3. The highest BCUT2D eigenvalue weighted by Crippen LogP contribution is 2.11. The van der Waals surface area contributed by atoms with Crippen molar-refractivity contribution in [3.05, 3.63) is 35.6 Å². The molecule has 2 amide bonds. The summed E-state index contributed by atoms with van der Waals surface area (Å²) in [5, 5.41) is 0. The van der Waals surface area contributed by atoms with Gasteiger partial charge in [0.1, 0.15) is 11.6 Å². The third-order valence-corrected chi connectivity index (χ3v) is 3.92. The number of rotatable bonds is 4. The molecule has 1 aliphatic heterocycles. The molecule has 0 radical (unpaired) electrons. The van der Waals surface area contributed by atoms with E-state index in [9.17, 15) is 18.8 Å². The van der Waals surface area contributed by atoms with Gasteiger partial charge in [0.2, 0.25) is 5.91 Å². The fourth-order valence-corrected chi connectivity index (χ4v) is 2.59. The van der Waals surface area contributed by atoms with Crippen LogP contribution >= 0.6 is 0 Å². The first kappa shape index (κ1) is 17.1. The van der Waals surface area contributed by atoms with Crippen molar-refractivity contribution < 1.29 is 18.8 Å². The Labute approximate surface area is 135 Å². The van der Waals surface area contributed by atoms with Crippen LogP contribution in [0.2, 0.25) is 0 Å². The summed E-state index contributed by atoms with van der Waals surface area (Å²) in [7, 11) is 0. The van der Waals surface area contributed by atoms with E-state index in [-0.39, 0.29) is 36.3 Å². The first-order valence-corrected chi connectivity index (χ1v) is 7.79. The molecule has 1 aromatic carbocycles. The van der Waals surface area contributed by atoms with E-state index >= 15 is 0 Å². The summed E-state index contributed by atoms with van der Waals surface area (Å²) in [4.78, 5) is 38.8. The van der Waals surface area contributed by atoms with Gasteiger partial charge in [0.25, 0.3) is 5.91 Å². The van der Waals surface area contributed by atoms with Crippen molar-refractivity contribution in [2.45, 2.75) is 26.2 Å². The van der Waals surface area contributed by atoms with E-state index in [2.05, 4.69) is 0 Å². The lowest BCUT2D eigenvalue weighted by Crippen LogP contribution is -2.37. The number of halogens is 1. The second-order valence-corrected chi connectivity index (χ2v) is 5.74. The molecule has 1 heterocycles. The summed E-state index contributed by atoms with van der Waals surface area (Å²) in [5.41, 5.74) is 0.447. The molecule has 0 saturated carbocycles. The van der Waals surface area contributed by atoms with Gasteiger partial charge in [0.15, 0.2) is 0 Å². The number of nitrogens with zero attached hydrogens (tertiary/aromatic N) is 2. The van der Waals surface area contributed by atoms with Crippen molar-refractivity contribution in [3.63, 3.8) is 0 Å². The normalized spacial score (nSPS) is 15.2. The Hall–Kier alpha value is -2.24. The van der Waals surface area contributed by atoms with Crippen molar-refractivity contribution >= 4 is 17.6 Å². The number of hydrogen-bond donors (Lipinski definition) is 0. The molecule has 1 aromatic rings. The number of carbonyl (C=O) groups excluding carboxylic acids is 3. The molecule has 0 atom stereocenters. The molecule has 1 fully saturated rings. The minimum Gasteiger partial charge on any atom is -0.341 e. The SMILES string of the molecule is CC(=O)CCC(=O)N1CCCN(C(=O)c2ccc(F)cc2)CC1. The van der Waals surface area contributed by atoms with Crippen molar-refractivity contribution in [2.24, 2.45) is 0 Å². The highest BCUT2D eigenvalue weighted by molar-refractivity contribution is 5.94. The minimum absolute atomic E-state index is 0.00119. The van der Waals surface area contributed by atoms with Gasteiger partial charge in [-0.05, 0) is 37.6 Å². The van der Waals surface area contributed by atoms with Crippen LogP contribution in [0.5, 0.6) is 0 Å². The maximum Gasteiger partial charge on any atom is 0.253 e. The smallest absolute Gasteiger partial charge is 0.253 e. The summed E-state index contributed by atoms with van der Waals surface area (Å²) < 4.78 is 12.9. The second-order valence-electron chi connectivity index (χ2n) is 5.74. The Bertz CT molecular complexity index is 586. The first-order valence-electron chi connectivity index (χ1n) is 7.79. The Morgan fingerprint density at radius 2 is 1.57 bits per heavy atom. The molecule has 1 aliphatic rings. The van der Waals surface area contributed by atoms with Gasteiger partial charge >= 0.3 is 0 Å². The van der Waals surface area contributed by atoms with E-state index in [4.69, 9.17) is 0 Å². The van der Waals surface area contributed by atoms with E-state index in [1.807, 2.05) is 0 Å². The van der Waals surface area contributed by atoms with E-state index in [0.717, 1.165) is 0 Å². The Balaban J connectivity index is 1.92. The lowest BCUT2D eigenvalue weighted by Gasteiger charge is -2.22. The lowest BCUT2D eigenvalue weighted by atomic mass is 10.2. The molecule has 2 rings (SSSR count). The third kappa shape index (κ3) is 4.87. The quantitative estimate of drug-likeness (QED) is 0.851. The van der Waals surface area contributed by atoms with Crippen LogP contribution in [0.1, 0.15) is 36.5 Å². The summed E-state index contributed by atoms with van der Waals surface area (Å²) in [6.45, 7) is 3.53. The number of benzene rings is 1. The predicted octanol–water partition coefficient (Wildman–Crippen LogP) is 1.87. The van der Waals surface area contributed by atoms with Crippen LogP contribution in [-0.4, -0.2) is 53.6 Å². The molecule has 124 valence electrons. The number of amides is 2. The lowest BCUT2D eigenvalue weighted by molar-refractivity contribution is -0.132. The van der Waals surface area contributed by atoms with E-state index in [1.165, 1.54) is 31.2 Å². The van der Waals surface area contributed by atoms with Gasteiger partial charge in [-0.25, -0.2) is 4.39 Å². The van der Waals surface area contributed by atoms with Gasteiger partial charge in [0, 0.05) is 44.6 Å². The molecule has 0 unspecified atom stereocenters. The standard InChI is InChI=1S/C17H21FN2O3/c1-13(21)3-8-16(22)19-9-2-10-20(12-11-19)17(23)14-4-6-15(18)7-5-14/h4-7H,2-3,8-12H2,1H3. The van der Waals surface area contributed by atoms with E-state index < -0.39 is 0 Å². The molecule has 0 bridgehead atoms. The Morgan fingerprint density at radius 3 is 2.22 bits per heavy atom. The molecule has 1 saturated heterocycles. The molecule has 5 nitrogen and oxygen atoms in total. The highest BCUT2D eigenvalue weighted by atomic mass is 19.1. The molecule has 0 aliphatic carbocycles. The number of hydrogen-bond acceptors (Lipinski definition) is 3. The van der Waals surface area contributed by atoms with Gasteiger partial charge < -0.3 is 14.6 Å². The van der Waals surface area contributed by atoms with Gasteiger partial charge in [-0.2, -0.15) is 0 Å². The molecule has 6 heteroatoms. The summed E-state index contributed by atoms with van der Waals surface area (Å²) in [6, 6.07) is 5.47. The number of ketones is 1. The zero-order chi connectivity index (χ0) is 16.8. The first-order chi connectivity index (χ1) is 11.0. The molecule has 0 spiro atoms. The van der Waals surface area contributed by atoms with Crippen LogP contribution in [-0.2, 0) is 9.59 Å². The van der Waals surface area contributed by atoms with Gasteiger partial charge in [-0.15, -0.1) is 0 Å². The predicted molar refractivity (Wildman–Crippen MR) is 83.4 cm³/mol. The minimum atomic E-state index is -0.375. The van der Waals surface area contributed by atoms with Crippen molar-refractivity contribution in [1.82, 2.24) is 9.80 Å². The zero-order valence-electron chi connectivity index (χ0n) is 13.3. The third-order valence-electron chi connectivity index (χ3n) is 3.92. The maximum atomic E-state index is 12.9. The van der Waals surface area contributed by atoms with Crippen LogP contribution in [0, 0.1) is 5.82 Å². The summed E-state index contributed by atoms with van der Waals surface area (Å²) in [6.07, 6.45) is 1.17. The monoisotopic (exact) mass is 320 g/mol. The van der Waals surface area contributed by atoms with Gasteiger partial charge in [0.05, 0.1) is 0 Å². The van der Waals surface area contributed by atoms with Crippen LogP contribution in [0.3, 0.4) is 0 Å². The van der Waals surface area contributed by atoms with E-state index in [1.54, 1.807) is 9.80 Å². The molecular weight excluding hydrogens is 299 g/mol. The fourth-order valence-electron chi connectivity index (χ4n) is 2.59. The van der Waals surface area contributed by atoms with Crippen LogP contribution in [0.25, 0.3) is 0 Å². The average Bonchev–Trinajstić information content (AvgIpc) is 2.78. The largest absolute Gasteiger partial charge is 0.341 e. The molecule has 23 heavy (non-hydrogen) atoms. The van der Waals surface area contributed by atoms with Crippen LogP contribution in [0.4, 0.5) is 4.39 Å². The molecule has 0 N–H and O–H groups in total. The van der Waals surface area contributed by atoms with Gasteiger partial charge in [-0.3, -0.25) is 9.59 Å². The Kier molecular flexibility index (Phi) is 5.84.